The van der Waals surface area contributed by atoms with E-state index in [-0.39, 0.29) is 17.1 Å². The van der Waals surface area contributed by atoms with E-state index in [4.69, 9.17) is 10.2 Å². The van der Waals surface area contributed by atoms with Crippen LogP contribution < -0.4 is 0 Å². The molecule has 0 saturated carbocycles. The van der Waals surface area contributed by atoms with Crippen LogP contribution in [0.1, 0.15) is 0 Å². The predicted molar refractivity (Wildman–Crippen MR) is 36.2 cm³/mol. The molecule has 56 valence electrons. The van der Waals surface area contributed by atoms with Crippen LogP contribution in [0.4, 0.5) is 0 Å². The number of aromatic hydroxyl groups is 1. The van der Waals surface area contributed by atoms with Gasteiger partial charge in [-0.3, -0.25) is 0 Å². The van der Waals surface area contributed by atoms with Crippen molar-refractivity contribution in [2.24, 2.45) is 0 Å². The minimum atomic E-state index is 0. The topological polar surface area (TPSA) is 40.5 Å². The van der Waals surface area contributed by atoms with Crippen molar-refractivity contribution in [1.82, 2.24) is 0 Å². The minimum absolute atomic E-state index is 0. The van der Waals surface area contributed by atoms with Crippen LogP contribution in [0.25, 0.3) is 0 Å². The molecule has 0 aliphatic rings. The van der Waals surface area contributed by atoms with E-state index in [1.165, 1.54) is 0 Å². The normalized spacial score (nSPS) is 6.60. The first-order chi connectivity index (χ1) is 4.39. The Morgan fingerprint density at radius 1 is 1.00 bits per heavy atom. The molecular weight excluding hydrogens is 172 g/mol. The van der Waals surface area contributed by atoms with Gasteiger partial charge in [-0.25, -0.2) is 0 Å². The molecule has 0 saturated heterocycles. The summed E-state index contributed by atoms with van der Waals surface area (Å²) in [6, 6.07) is 8.71. The Morgan fingerprint density at radius 2 is 1.40 bits per heavy atom. The van der Waals surface area contributed by atoms with Gasteiger partial charge in [0.05, 0.1) is 0 Å². The van der Waals surface area contributed by atoms with Crippen LogP contribution >= 0.6 is 0 Å². The molecule has 3 heteroatoms. The van der Waals surface area contributed by atoms with Crippen molar-refractivity contribution in [1.29, 1.82) is 0 Å². The van der Waals surface area contributed by atoms with Gasteiger partial charge in [0.25, 0.3) is 0 Å². The van der Waals surface area contributed by atoms with E-state index in [0.29, 0.717) is 5.75 Å². The van der Waals surface area contributed by atoms with Gasteiger partial charge < -0.3 is 10.2 Å². The third-order valence-electron chi connectivity index (χ3n) is 0.756. The van der Waals surface area contributed by atoms with Crippen molar-refractivity contribution in [3.05, 3.63) is 30.3 Å². The maximum Gasteiger partial charge on any atom is 2.00 e. The quantitative estimate of drug-likeness (QED) is 0.587. The molecule has 0 spiro atoms. The number of phenolic OH excluding ortho intramolecular Hbond substituents is 1. The molecular formula is C7H10FeO2+2. The van der Waals surface area contributed by atoms with Crippen LogP contribution in [0.15, 0.2) is 30.3 Å². The number of aliphatic hydroxyl groups excluding tert-OH is 1. The van der Waals surface area contributed by atoms with Gasteiger partial charge in [0.15, 0.2) is 0 Å². The summed E-state index contributed by atoms with van der Waals surface area (Å²) in [6.45, 7) is 0. The molecule has 1 rings (SSSR count). The molecule has 10 heavy (non-hydrogen) atoms. The molecule has 0 radical (unpaired) electrons. The molecule has 0 amide bonds. The Morgan fingerprint density at radius 3 is 1.60 bits per heavy atom. The van der Waals surface area contributed by atoms with E-state index in [0.717, 1.165) is 7.11 Å². The number of benzene rings is 1. The third-order valence-corrected chi connectivity index (χ3v) is 0.756. The maximum atomic E-state index is 8.63. The second-order valence-electron chi connectivity index (χ2n) is 1.34. The minimum Gasteiger partial charge on any atom is -0.508 e. The van der Waals surface area contributed by atoms with Crippen molar-refractivity contribution in [3.8, 4) is 5.75 Å². The first kappa shape index (κ1) is 12.2. The first-order valence-corrected chi connectivity index (χ1v) is 2.58. The monoisotopic (exact) mass is 182 g/mol. The Hall–Kier alpha value is -0.501. The summed E-state index contributed by atoms with van der Waals surface area (Å²) in [4.78, 5) is 0. The zero-order chi connectivity index (χ0) is 7.11. The Kier molecular flexibility index (Phi) is 10.4. The van der Waals surface area contributed by atoms with Crippen LogP contribution in [-0.2, 0) is 17.1 Å². The second-order valence-corrected chi connectivity index (χ2v) is 1.34. The Labute approximate surface area is 71.0 Å². The van der Waals surface area contributed by atoms with E-state index in [9.17, 15) is 0 Å². The van der Waals surface area contributed by atoms with Gasteiger partial charge in [0.2, 0.25) is 0 Å². The number of phenols is 1. The third kappa shape index (κ3) is 5.63. The number of aliphatic hydroxyl groups is 1. The fourth-order valence-electron chi connectivity index (χ4n) is 0.428. The Bertz CT molecular complexity index is 142. The summed E-state index contributed by atoms with van der Waals surface area (Å²) in [5.41, 5.74) is 0. The van der Waals surface area contributed by atoms with E-state index < -0.39 is 0 Å². The smallest absolute Gasteiger partial charge is 0.508 e. The number of hydrogen-bond acceptors (Lipinski definition) is 2. The average Bonchev–Trinajstić information content (AvgIpc) is 1.94. The fourth-order valence-corrected chi connectivity index (χ4v) is 0.428. The summed E-state index contributed by atoms with van der Waals surface area (Å²) in [7, 11) is 1.00. The summed E-state index contributed by atoms with van der Waals surface area (Å²) in [6.07, 6.45) is 0. The van der Waals surface area contributed by atoms with Crippen LogP contribution in [0.3, 0.4) is 0 Å². The van der Waals surface area contributed by atoms with Gasteiger partial charge in [-0.15, -0.1) is 0 Å². The SMILES string of the molecule is CO.Oc1ccccc1.[Fe+2]. The first-order valence-electron chi connectivity index (χ1n) is 2.58. The van der Waals surface area contributed by atoms with Gasteiger partial charge in [-0.1, -0.05) is 18.2 Å². The van der Waals surface area contributed by atoms with Crippen LogP contribution in [0, 0.1) is 0 Å². The van der Waals surface area contributed by atoms with Gasteiger partial charge in [0, 0.05) is 7.11 Å². The summed E-state index contributed by atoms with van der Waals surface area (Å²) >= 11 is 0. The average molecular weight is 182 g/mol. The molecule has 0 heterocycles. The van der Waals surface area contributed by atoms with Crippen LogP contribution in [-0.4, -0.2) is 17.3 Å². The number of para-hydroxylation sites is 1. The van der Waals surface area contributed by atoms with Crippen molar-refractivity contribution in [3.63, 3.8) is 0 Å². The molecule has 1 aromatic carbocycles. The van der Waals surface area contributed by atoms with E-state index in [2.05, 4.69) is 0 Å². The molecule has 0 bridgehead atoms. The summed E-state index contributed by atoms with van der Waals surface area (Å²) in [5, 5.41) is 15.6. The largest absolute Gasteiger partial charge is 2.00 e. The molecule has 0 unspecified atom stereocenters. The molecule has 2 nitrogen and oxygen atoms in total. The van der Waals surface area contributed by atoms with Crippen LogP contribution in [0.5, 0.6) is 5.75 Å². The van der Waals surface area contributed by atoms with E-state index >= 15 is 0 Å². The zero-order valence-electron chi connectivity index (χ0n) is 5.63. The maximum absolute atomic E-state index is 8.63. The van der Waals surface area contributed by atoms with Gasteiger partial charge in [0.1, 0.15) is 5.75 Å². The molecule has 0 aliphatic carbocycles. The molecule has 0 atom stereocenters. The van der Waals surface area contributed by atoms with Gasteiger partial charge in [-0.2, -0.15) is 0 Å². The number of hydrogen-bond donors (Lipinski definition) is 2. The van der Waals surface area contributed by atoms with Crippen molar-refractivity contribution in [2.45, 2.75) is 0 Å². The summed E-state index contributed by atoms with van der Waals surface area (Å²) in [5.74, 6) is 0.322. The van der Waals surface area contributed by atoms with Gasteiger partial charge in [-0.05, 0) is 12.1 Å². The molecule has 0 aromatic heterocycles. The van der Waals surface area contributed by atoms with Crippen molar-refractivity contribution >= 4 is 0 Å². The zero-order valence-corrected chi connectivity index (χ0v) is 6.74. The fraction of sp³-hybridized carbons (Fsp3) is 0.143. The number of rotatable bonds is 0. The van der Waals surface area contributed by atoms with Crippen LogP contribution in [0.2, 0.25) is 0 Å². The van der Waals surface area contributed by atoms with E-state index in [1.54, 1.807) is 24.3 Å². The van der Waals surface area contributed by atoms with Gasteiger partial charge >= 0.3 is 17.1 Å². The van der Waals surface area contributed by atoms with Crippen molar-refractivity contribution < 1.29 is 27.3 Å². The standard InChI is InChI=1S/C6H6O.CH4O.Fe/c7-6-4-2-1-3-5-6;1-2;/h1-5,7H;2H,1H3;/q;;+2. The Balaban J connectivity index is 0. The molecule has 2 N–H and O–H groups in total. The molecule has 0 aliphatic heterocycles. The van der Waals surface area contributed by atoms with Crippen molar-refractivity contribution in [2.75, 3.05) is 7.11 Å². The summed E-state index contributed by atoms with van der Waals surface area (Å²) < 4.78 is 0. The molecule has 1 aromatic rings. The molecule has 0 fully saturated rings. The second kappa shape index (κ2) is 8.50. The van der Waals surface area contributed by atoms with E-state index in [1.807, 2.05) is 6.07 Å². The predicted octanol–water partition coefficient (Wildman–Crippen LogP) is 0.998.